The van der Waals surface area contributed by atoms with E-state index in [-0.39, 0.29) is 17.5 Å². The van der Waals surface area contributed by atoms with Crippen LogP contribution in [0.5, 0.6) is 0 Å². The second kappa shape index (κ2) is 15.1. The molecule has 60 heavy (non-hydrogen) atoms. The Balaban J connectivity index is 0.910. The molecule has 0 aromatic rings. The lowest BCUT2D eigenvalue weighted by Crippen LogP contribution is -2.66. The molecule has 9 aliphatic carbocycles. The lowest BCUT2D eigenvalue weighted by Gasteiger charge is -2.73. The van der Waals surface area contributed by atoms with Gasteiger partial charge in [0, 0.05) is 6.42 Å². The van der Waals surface area contributed by atoms with E-state index in [1.165, 1.54) is 109 Å². The summed E-state index contributed by atoms with van der Waals surface area (Å²) in [6, 6.07) is 0. The SMILES string of the molecule is CC(C)CCC[C@@H](C)[C@H]1CC[C@H]2[C@@H]3CC=C4C[C@H](OC(=O)[C@]56CC[C@@H](C(C)C)C5[C@H]5CC[C@@H]7[C@@]8(C)CCC(C)C(C)(C)C8CC[C@@]7(C)[C@]5(C)CC6)CC[C@]4(C)[C@H]3CC[C@]12C. The predicted octanol–water partition coefficient (Wildman–Crippen LogP) is 16.3. The Morgan fingerprint density at radius 1 is 0.683 bits per heavy atom. The van der Waals surface area contributed by atoms with E-state index in [1.807, 2.05) is 0 Å². The van der Waals surface area contributed by atoms with Gasteiger partial charge in [0.25, 0.3) is 0 Å². The molecule has 0 N–H and O–H groups in total. The minimum atomic E-state index is -0.267. The van der Waals surface area contributed by atoms with Crippen molar-refractivity contribution in [3.63, 3.8) is 0 Å². The summed E-state index contributed by atoms with van der Waals surface area (Å²) >= 11 is 0. The van der Waals surface area contributed by atoms with Crippen LogP contribution in [0.15, 0.2) is 11.6 Å². The third kappa shape index (κ3) is 6.24. The van der Waals surface area contributed by atoms with Gasteiger partial charge in [0.2, 0.25) is 0 Å². The molecule has 3 unspecified atom stereocenters. The molecule has 8 saturated carbocycles. The first kappa shape index (κ1) is 44.4. The van der Waals surface area contributed by atoms with Gasteiger partial charge in [-0.15, -0.1) is 0 Å². The van der Waals surface area contributed by atoms with E-state index in [9.17, 15) is 0 Å². The summed E-state index contributed by atoms with van der Waals surface area (Å²) in [5.41, 5.74) is 3.79. The monoisotopic (exact) mass is 825 g/mol. The third-order valence-corrected chi connectivity index (χ3v) is 24.8. The number of carbonyl (C=O) groups is 1. The van der Waals surface area contributed by atoms with Gasteiger partial charge in [-0.25, -0.2) is 0 Å². The Morgan fingerprint density at radius 3 is 2.15 bits per heavy atom. The lowest BCUT2D eigenvalue weighted by atomic mass is 9.32. The summed E-state index contributed by atoms with van der Waals surface area (Å²) in [5.74, 6) is 10.3. The maximum absolute atomic E-state index is 15.3. The fourth-order valence-electron chi connectivity index (χ4n) is 20.9. The van der Waals surface area contributed by atoms with Crippen LogP contribution in [0.2, 0.25) is 0 Å². The van der Waals surface area contributed by atoms with Gasteiger partial charge in [0.15, 0.2) is 0 Å². The van der Waals surface area contributed by atoms with Crippen LogP contribution >= 0.6 is 0 Å². The standard InChI is InChI=1S/C58H96O2/c1-36(2)15-14-16-38(5)44-19-20-45-43-18-17-40-35-41(24-29-53(40,9)46(43)26-30-54(44,45)10)60-51(59)58-32-25-42(37(3)4)50(58)47-21-22-49-55(11)28-23-39(6)52(7,8)48(55)27-31-57(49,13)56(47,12)33-34-58/h17,36-39,41-50H,14-16,18-35H2,1-13H3/t38-,39?,41-,42+,43+,44-,45+,46+,47-,48?,49-,50?,53+,54-,55+,56-,57-,58+/m1/s1. The fourth-order valence-corrected chi connectivity index (χ4v) is 20.9. The van der Waals surface area contributed by atoms with E-state index < -0.39 is 0 Å². The van der Waals surface area contributed by atoms with Crippen LogP contribution in [0.1, 0.15) is 225 Å². The van der Waals surface area contributed by atoms with Crippen LogP contribution in [0.3, 0.4) is 0 Å². The number of fused-ring (bicyclic) bond motifs is 12. The fraction of sp³-hybridized carbons (Fsp3) is 0.948. The lowest BCUT2D eigenvalue weighted by molar-refractivity contribution is -0.245. The number of hydrogen-bond acceptors (Lipinski definition) is 2. The topological polar surface area (TPSA) is 26.3 Å². The van der Waals surface area contributed by atoms with Gasteiger partial charge in [0.05, 0.1) is 5.41 Å². The molecule has 2 nitrogen and oxygen atoms in total. The molecule has 0 amide bonds. The van der Waals surface area contributed by atoms with Gasteiger partial charge in [-0.2, -0.15) is 0 Å². The van der Waals surface area contributed by atoms with Crippen molar-refractivity contribution in [1.82, 2.24) is 0 Å². The summed E-state index contributed by atoms with van der Waals surface area (Å²) in [4.78, 5) is 15.3. The minimum Gasteiger partial charge on any atom is -0.462 e. The first-order valence-electron chi connectivity index (χ1n) is 27.1. The first-order chi connectivity index (χ1) is 28.2. The van der Waals surface area contributed by atoms with E-state index in [2.05, 4.69) is 96.1 Å². The average Bonchev–Trinajstić information content (AvgIpc) is 3.76. The molecule has 18 atom stereocenters. The van der Waals surface area contributed by atoms with Crippen LogP contribution < -0.4 is 0 Å². The Kier molecular flexibility index (Phi) is 11.2. The predicted molar refractivity (Wildman–Crippen MR) is 251 cm³/mol. The van der Waals surface area contributed by atoms with Crippen LogP contribution in [0, 0.1) is 115 Å². The van der Waals surface area contributed by atoms with E-state index in [0.717, 1.165) is 78.9 Å². The Hall–Kier alpha value is -0.790. The Morgan fingerprint density at radius 2 is 1.42 bits per heavy atom. The smallest absolute Gasteiger partial charge is 0.312 e. The molecular weight excluding hydrogens is 729 g/mol. The number of carbonyl (C=O) groups excluding carboxylic acids is 1. The molecule has 9 aliphatic rings. The molecule has 0 aliphatic heterocycles. The van der Waals surface area contributed by atoms with Crippen molar-refractivity contribution in [2.45, 2.75) is 231 Å². The van der Waals surface area contributed by atoms with Crippen molar-refractivity contribution in [3.05, 3.63) is 11.6 Å². The first-order valence-corrected chi connectivity index (χ1v) is 27.1. The molecule has 0 bridgehead atoms. The molecule has 0 heterocycles. The highest BCUT2D eigenvalue weighted by Crippen LogP contribution is 2.78. The highest BCUT2D eigenvalue weighted by Gasteiger charge is 2.72. The number of hydrogen-bond donors (Lipinski definition) is 0. The number of ether oxygens (including phenoxy) is 1. The summed E-state index contributed by atoms with van der Waals surface area (Å²) in [6.07, 6.45) is 30.4. The van der Waals surface area contributed by atoms with E-state index in [0.29, 0.717) is 56.2 Å². The van der Waals surface area contributed by atoms with Gasteiger partial charge in [-0.1, -0.05) is 121 Å². The molecule has 0 aromatic heterocycles. The van der Waals surface area contributed by atoms with Gasteiger partial charge < -0.3 is 4.74 Å². The van der Waals surface area contributed by atoms with Crippen molar-refractivity contribution in [1.29, 1.82) is 0 Å². The Bertz CT molecular complexity index is 1650. The zero-order valence-electron chi connectivity index (χ0n) is 41.8. The zero-order valence-corrected chi connectivity index (χ0v) is 41.8. The molecule has 8 fully saturated rings. The molecule has 340 valence electrons. The van der Waals surface area contributed by atoms with Crippen LogP contribution in [-0.2, 0) is 9.53 Å². The summed E-state index contributed by atoms with van der Waals surface area (Å²) < 4.78 is 7.05. The van der Waals surface area contributed by atoms with Crippen LogP contribution in [-0.4, -0.2) is 12.1 Å². The molecular formula is C58H96O2. The highest BCUT2D eigenvalue weighted by atomic mass is 16.5. The summed E-state index contributed by atoms with van der Waals surface area (Å²) in [5, 5.41) is 0. The van der Waals surface area contributed by atoms with Crippen molar-refractivity contribution in [2.24, 2.45) is 115 Å². The summed E-state index contributed by atoms with van der Waals surface area (Å²) in [6.45, 7) is 33.9. The molecule has 0 aromatic carbocycles. The maximum Gasteiger partial charge on any atom is 0.312 e. The molecule has 2 heteroatoms. The van der Waals surface area contributed by atoms with Crippen molar-refractivity contribution in [2.75, 3.05) is 0 Å². The van der Waals surface area contributed by atoms with Crippen LogP contribution in [0.4, 0.5) is 0 Å². The quantitative estimate of drug-likeness (QED) is 0.180. The number of rotatable bonds is 8. The molecule has 0 spiro atoms. The molecule has 0 radical (unpaired) electrons. The van der Waals surface area contributed by atoms with Gasteiger partial charge in [-0.05, 0) is 219 Å². The maximum atomic E-state index is 15.3. The summed E-state index contributed by atoms with van der Waals surface area (Å²) in [7, 11) is 0. The molecule has 9 rings (SSSR count). The van der Waals surface area contributed by atoms with Gasteiger partial charge in [0.1, 0.15) is 6.10 Å². The van der Waals surface area contributed by atoms with Gasteiger partial charge >= 0.3 is 5.97 Å². The number of esters is 1. The normalized spacial score (nSPS) is 52.2. The average molecular weight is 825 g/mol. The van der Waals surface area contributed by atoms with Crippen molar-refractivity contribution in [3.8, 4) is 0 Å². The van der Waals surface area contributed by atoms with E-state index >= 15 is 4.79 Å². The minimum absolute atomic E-state index is 0.0757. The second-order valence-electron chi connectivity index (χ2n) is 27.6. The van der Waals surface area contributed by atoms with Crippen molar-refractivity contribution >= 4 is 5.97 Å². The molecule has 0 saturated heterocycles. The van der Waals surface area contributed by atoms with Gasteiger partial charge in [-0.3, -0.25) is 4.79 Å². The second-order valence-corrected chi connectivity index (χ2v) is 27.6. The third-order valence-electron chi connectivity index (χ3n) is 24.8. The van der Waals surface area contributed by atoms with Crippen molar-refractivity contribution < 1.29 is 9.53 Å². The van der Waals surface area contributed by atoms with Crippen LogP contribution in [0.25, 0.3) is 0 Å². The highest BCUT2D eigenvalue weighted by molar-refractivity contribution is 5.78. The van der Waals surface area contributed by atoms with E-state index in [4.69, 9.17) is 4.74 Å². The number of allylic oxidation sites excluding steroid dienone is 1. The largest absolute Gasteiger partial charge is 0.462 e. The Labute approximate surface area is 371 Å². The van der Waals surface area contributed by atoms with E-state index in [1.54, 1.807) is 5.57 Å². The zero-order chi connectivity index (χ0) is 43.0.